The molecular formula is C19H28N2O3. The lowest BCUT2D eigenvalue weighted by atomic mass is 10.0. The van der Waals surface area contributed by atoms with Gasteiger partial charge < -0.3 is 19.7 Å². The number of carbonyl (C=O) groups excluding carboxylic acids is 1. The number of fused-ring (bicyclic) bond motifs is 1. The molecule has 1 aromatic rings. The molecule has 2 heterocycles. The van der Waals surface area contributed by atoms with Gasteiger partial charge in [-0.25, -0.2) is 0 Å². The fourth-order valence-corrected chi connectivity index (χ4v) is 3.30. The molecule has 2 aliphatic heterocycles. The molecule has 3 rings (SSSR count). The third-order valence-electron chi connectivity index (χ3n) is 4.45. The monoisotopic (exact) mass is 332 g/mol. The van der Waals surface area contributed by atoms with Crippen molar-refractivity contribution >= 4 is 5.91 Å². The zero-order chi connectivity index (χ0) is 16.9. The maximum absolute atomic E-state index is 12.9. The fraction of sp³-hybridized carbons (Fsp3) is 0.632. The van der Waals surface area contributed by atoms with E-state index < -0.39 is 0 Å². The average Bonchev–Trinajstić information content (AvgIpc) is 2.61. The lowest BCUT2D eigenvalue weighted by Crippen LogP contribution is -2.49. The minimum atomic E-state index is -0.369. The number of rotatable bonds is 5. The molecule has 1 aromatic carbocycles. The van der Waals surface area contributed by atoms with E-state index in [4.69, 9.17) is 9.47 Å². The van der Waals surface area contributed by atoms with Crippen LogP contribution in [-0.4, -0.2) is 49.8 Å². The summed E-state index contributed by atoms with van der Waals surface area (Å²) in [4.78, 5) is 14.8. The summed E-state index contributed by atoms with van der Waals surface area (Å²) in [6.45, 7) is 8.40. The number of carbonyl (C=O) groups is 1. The zero-order valence-electron chi connectivity index (χ0n) is 14.7. The summed E-state index contributed by atoms with van der Waals surface area (Å²) < 4.78 is 11.4. The summed E-state index contributed by atoms with van der Waals surface area (Å²) in [7, 11) is 0. The number of nitrogens with zero attached hydrogens (tertiary/aromatic N) is 1. The standard InChI is InChI=1S/C19H28N2O3/c1-14(2)12-21(19(22)18-11-20-7-9-24-18)13-15-5-6-16-4-3-8-23-17(16)10-15/h5-6,10,14,18,20H,3-4,7-9,11-13H2,1-2H3. The van der Waals surface area contributed by atoms with Gasteiger partial charge >= 0.3 is 0 Å². The second kappa shape index (κ2) is 7.99. The van der Waals surface area contributed by atoms with Crippen LogP contribution in [0.1, 0.15) is 31.4 Å². The van der Waals surface area contributed by atoms with Crippen LogP contribution < -0.4 is 10.1 Å². The summed E-state index contributed by atoms with van der Waals surface area (Å²) in [5.74, 6) is 1.47. The molecule has 0 saturated carbocycles. The van der Waals surface area contributed by atoms with Crippen LogP contribution in [-0.2, 0) is 22.5 Å². The van der Waals surface area contributed by atoms with Gasteiger partial charge in [0.25, 0.3) is 5.91 Å². The number of nitrogens with one attached hydrogen (secondary N) is 1. The number of hydrogen-bond donors (Lipinski definition) is 1. The molecule has 1 saturated heterocycles. The molecule has 0 aromatic heterocycles. The largest absolute Gasteiger partial charge is 0.493 e. The van der Waals surface area contributed by atoms with Crippen LogP contribution in [0.25, 0.3) is 0 Å². The van der Waals surface area contributed by atoms with Crippen LogP contribution >= 0.6 is 0 Å². The van der Waals surface area contributed by atoms with Crippen molar-refractivity contribution < 1.29 is 14.3 Å². The minimum absolute atomic E-state index is 0.0783. The lowest BCUT2D eigenvalue weighted by molar-refractivity contribution is -0.146. The molecule has 0 bridgehead atoms. The third kappa shape index (κ3) is 4.28. The highest BCUT2D eigenvalue weighted by molar-refractivity contribution is 5.81. The van der Waals surface area contributed by atoms with E-state index in [-0.39, 0.29) is 12.0 Å². The smallest absolute Gasteiger partial charge is 0.253 e. The van der Waals surface area contributed by atoms with E-state index >= 15 is 0 Å². The Kier molecular flexibility index (Phi) is 5.74. The molecule has 24 heavy (non-hydrogen) atoms. The zero-order valence-corrected chi connectivity index (χ0v) is 14.7. The van der Waals surface area contributed by atoms with E-state index in [0.29, 0.717) is 25.6 Å². The molecule has 0 radical (unpaired) electrons. The molecule has 1 N–H and O–H groups in total. The fourth-order valence-electron chi connectivity index (χ4n) is 3.30. The normalized spacial score (nSPS) is 20.4. The van der Waals surface area contributed by atoms with Gasteiger partial charge in [0.15, 0.2) is 0 Å². The Morgan fingerprint density at radius 3 is 3.00 bits per heavy atom. The van der Waals surface area contributed by atoms with Gasteiger partial charge in [-0.05, 0) is 36.0 Å². The van der Waals surface area contributed by atoms with Crippen molar-refractivity contribution in [2.24, 2.45) is 5.92 Å². The van der Waals surface area contributed by atoms with Gasteiger partial charge in [-0.3, -0.25) is 4.79 Å². The maximum atomic E-state index is 12.9. The summed E-state index contributed by atoms with van der Waals surface area (Å²) in [6.07, 6.45) is 1.79. The highest BCUT2D eigenvalue weighted by Crippen LogP contribution is 2.26. The Bertz CT molecular complexity index is 568. The topological polar surface area (TPSA) is 50.8 Å². The van der Waals surface area contributed by atoms with Gasteiger partial charge in [0.05, 0.1) is 13.2 Å². The minimum Gasteiger partial charge on any atom is -0.493 e. The molecule has 1 amide bonds. The van der Waals surface area contributed by atoms with Gasteiger partial charge in [0.1, 0.15) is 11.9 Å². The molecule has 0 spiro atoms. The Balaban J connectivity index is 1.72. The van der Waals surface area contributed by atoms with Crippen molar-refractivity contribution in [1.29, 1.82) is 0 Å². The molecule has 5 nitrogen and oxygen atoms in total. The maximum Gasteiger partial charge on any atom is 0.253 e. The van der Waals surface area contributed by atoms with Gasteiger partial charge in [-0.15, -0.1) is 0 Å². The van der Waals surface area contributed by atoms with Crippen molar-refractivity contribution in [3.05, 3.63) is 29.3 Å². The second-order valence-corrected chi connectivity index (χ2v) is 7.07. The predicted molar refractivity (Wildman–Crippen MR) is 93.1 cm³/mol. The molecule has 2 aliphatic rings. The van der Waals surface area contributed by atoms with Gasteiger partial charge in [-0.1, -0.05) is 26.0 Å². The van der Waals surface area contributed by atoms with E-state index in [1.807, 2.05) is 4.90 Å². The van der Waals surface area contributed by atoms with Crippen LogP contribution in [0, 0.1) is 5.92 Å². The molecule has 1 atom stereocenters. The molecule has 1 unspecified atom stereocenters. The SMILES string of the molecule is CC(C)CN(Cc1ccc2c(c1)OCCC2)C(=O)C1CNCCO1. The Hall–Kier alpha value is -1.59. The molecular weight excluding hydrogens is 304 g/mol. The third-order valence-corrected chi connectivity index (χ3v) is 4.45. The number of amides is 1. The highest BCUT2D eigenvalue weighted by atomic mass is 16.5. The van der Waals surface area contributed by atoms with Crippen molar-refractivity contribution in [2.45, 2.75) is 39.3 Å². The van der Waals surface area contributed by atoms with Crippen LogP contribution in [0.3, 0.4) is 0 Å². The Morgan fingerprint density at radius 2 is 2.25 bits per heavy atom. The van der Waals surface area contributed by atoms with Crippen LogP contribution in [0.2, 0.25) is 0 Å². The number of benzene rings is 1. The second-order valence-electron chi connectivity index (χ2n) is 7.07. The van der Waals surface area contributed by atoms with Crippen molar-refractivity contribution in [1.82, 2.24) is 10.2 Å². The summed E-state index contributed by atoms with van der Waals surface area (Å²) in [6, 6.07) is 6.35. The number of morpholine rings is 1. The Morgan fingerprint density at radius 1 is 1.38 bits per heavy atom. The Labute approximate surface area is 144 Å². The van der Waals surface area contributed by atoms with E-state index in [1.54, 1.807) is 0 Å². The predicted octanol–water partition coefficient (Wildman–Crippen LogP) is 1.98. The number of ether oxygens (including phenoxy) is 2. The van der Waals surface area contributed by atoms with E-state index in [0.717, 1.165) is 43.9 Å². The quantitative estimate of drug-likeness (QED) is 0.896. The van der Waals surface area contributed by atoms with Crippen molar-refractivity contribution in [2.75, 3.05) is 32.8 Å². The van der Waals surface area contributed by atoms with Crippen molar-refractivity contribution in [3.63, 3.8) is 0 Å². The van der Waals surface area contributed by atoms with Crippen LogP contribution in [0.4, 0.5) is 0 Å². The van der Waals surface area contributed by atoms with Crippen LogP contribution in [0.15, 0.2) is 18.2 Å². The summed E-state index contributed by atoms with van der Waals surface area (Å²) in [5, 5.41) is 3.24. The first kappa shape index (κ1) is 17.2. The molecule has 1 fully saturated rings. The molecule has 132 valence electrons. The lowest BCUT2D eigenvalue weighted by Gasteiger charge is -2.31. The van der Waals surface area contributed by atoms with E-state index in [2.05, 4.69) is 37.4 Å². The summed E-state index contributed by atoms with van der Waals surface area (Å²) in [5.41, 5.74) is 2.39. The first-order valence-electron chi connectivity index (χ1n) is 8.99. The average molecular weight is 332 g/mol. The van der Waals surface area contributed by atoms with E-state index in [9.17, 15) is 4.79 Å². The first-order chi connectivity index (χ1) is 11.6. The van der Waals surface area contributed by atoms with Crippen molar-refractivity contribution in [3.8, 4) is 5.75 Å². The highest BCUT2D eigenvalue weighted by Gasteiger charge is 2.27. The van der Waals surface area contributed by atoms with E-state index in [1.165, 1.54) is 5.56 Å². The van der Waals surface area contributed by atoms with Gasteiger partial charge in [0.2, 0.25) is 0 Å². The molecule has 5 heteroatoms. The summed E-state index contributed by atoms with van der Waals surface area (Å²) >= 11 is 0. The first-order valence-corrected chi connectivity index (χ1v) is 8.99. The molecule has 0 aliphatic carbocycles. The van der Waals surface area contributed by atoms with Crippen LogP contribution in [0.5, 0.6) is 5.75 Å². The number of hydrogen-bond acceptors (Lipinski definition) is 4. The number of aryl methyl sites for hydroxylation is 1. The van der Waals surface area contributed by atoms with Gasteiger partial charge in [0, 0.05) is 26.2 Å². The van der Waals surface area contributed by atoms with Gasteiger partial charge in [-0.2, -0.15) is 0 Å².